The first-order chi connectivity index (χ1) is 17.7. The average molecular weight is 542 g/mol. The number of H-pyrrole nitrogens is 1. The van der Waals surface area contributed by atoms with Crippen LogP contribution >= 0.6 is 0 Å². The zero-order valence-electron chi connectivity index (χ0n) is 19.2. The van der Waals surface area contributed by atoms with Gasteiger partial charge in [-0.3, -0.25) is 4.98 Å². The van der Waals surface area contributed by atoms with Crippen LogP contribution in [0.5, 0.6) is 0 Å². The molecule has 4 aromatic rings. The van der Waals surface area contributed by atoms with E-state index in [9.17, 15) is 26.3 Å². The first-order valence-electron chi connectivity index (χ1n) is 10.5. The van der Waals surface area contributed by atoms with Crippen LogP contribution in [0, 0.1) is 0 Å². The standard InChI is InChI=1S/C20H18N4.2C2HF3O2/c21-17(12-14-4-2-1-3-5-14)20-23-18-7-6-16(13-19(18)24-20)15-8-10-22-11-9-15;2*3-2(4,5)1(6)7/h1-11,13,17H,12,21H2,(H,23,24);2*(H,6,7)/t17-;;/m1../s1. The smallest absolute Gasteiger partial charge is 0.475 e. The van der Waals surface area contributed by atoms with E-state index in [0.29, 0.717) is 0 Å². The van der Waals surface area contributed by atoms with Crippen molar-refractivity contribution in [1.29, 1.82) is 0 Å². The number of nitrogens with one attached hydrogen (secondary N) is 1. The zero-order chi connectivity index (χ0) is 28.5. The van der Waals surface area contributed by atoms with Crippen LogP contribution < -0.4 is 5.73 Å². The van der Waals surface area contributed by atoms with Crippen LogP contribution in [0.3, 0.4) is 0 Å². The summed E-state index contributed by atoms with van der Waals surface area (Å²) in [6.45, 7) is 0. The van der Waals surface area contributed by atoms with Crippen LogP contribution in [0.25, 0.3) is 22.2 Å². The fraction of sp³-hybridized carbons (Fsp3) is 0.167. The molecule has 5 N–H and O–H groups in total. The van der Waals surface area contributed by atoms with Gasteiger partial charge in [-0.1, -0.05) is 36.4 Å². The summed E-state index contributed by atoms with van der Waals surface area (Å²) < 4.78 is 63.5. The van der Waals surface area contributed by atoms with E-state index in [0.717, 1.165) is 34.4 Å². The number of aromatic amines is 1. The van der Waals surface area contributed by atoms with Crippen LogP contribution in [0.4, 0.5) is 26.3 Å². The minimum atomic E-state index is -5.08. The van der Waals surface area contributed by atoms with Gasteiger partial charge < -0.3 is 20.9 Å². The van der Waals surface area contributed by atoms with Crippen molar-refractivity contribution in [3.63, 3.8) is 0 Å². The molecule has 0 amide bonds. The molecule has 2 aromatic carbocycles. The maximum atomic E-state index is 10.6. The number of nitrogens with two attached hydrogens (primary N) is 1. The Labute approximate surface area is 210 Å². The Morgan fingerprint density at radius 3 is 1.87 bits per heavy atom. The van der Waals surface area contributed by atoms with Crippen molar-refractivity contribution in [2.45, 2.75) is 24.8 Å². The van der Waals surface area contributed by atoms with Crippen molar-refractivity contribution in [3.05, 3.63) is 84.4 Å². The largest absolute Gasteiger partial charge is 0.490 e. The Kier molecular flexibility index (Phi) is 9.93. The topological polar surface area (TPSA) is 142 Å². The first kappa shape index (κ1) is 29.8. The molecular formula is C24H20F6N4O4. The molecule has 8 nitrogen and oxygen atoms in total. The summed E-state index contributed by atoms with van der Waals surface area (Å²) in [4.78, 5) is 29.9. The van der Waals surface area contributed by atoms with Crippen LogP contribution in [0.2, 0.25) is 0 Å². The molecule has 38 heavy (non-hydrogen) atoms. The molecule has 14 heteroatoms. The lowest BCUT2D eigenvalue weighted by Crippen LogP contribution is -2.21. The predicted molar refractivity (Wildman–Crippen MR) is 124 cm³/mol. The Hall–Kier alpha value is -4.46. The highest BCUT2D eigenvalue weighted by atomic mass is 19.4. The van der Waals surface area contributed by atoms with E-state index >= 15 is 0 Å². The minimum absolute atomic E-state index is 0.149. The molecule has 4 rings (SSSR count). The van der Waals surface area contributed by atoms with Crippen molar-refractivity contribution in [2.24, 2.45) is 5.73 Å². The molecule has 2 aromatic heterocycles. The van der Waals surface area contributed by atoms with Gasteiger partial charge in [-0.2, -0.15) is 26.3 Å². The van der Waals surface area contributed by atoms with Crippen LogP contribution in [0.15, 0.2) is 73.1 Å². The molecule has 202 valence electrons. The summed E-state index contributed by atoms with van der Waals surface area (Å²) in [5, 5.41) is 14.2. The lowest BCUT2D eigenvalue weighted by Gasteiger charge is -2.08. The van der Waals surface area contributed by atoms with E-state index in [1.165, 1.54) is 5.56 Å². The maximum Gasteiger partial charge on any atom is 0.490 e. The summed E-state index contributed by atoms with van der Waals surface area (Å²) >= 11 is 0. The second-order valence-corrected chi connectivity index (χ2v) is 7.49. The zero-order valence-corrected chi connectivity index (χ0v) is 19.2. The van der Waals surface area contributed by atoms with Crippen LogP contribution in [0.1, 0.15) is 17.4 Å². The van der Waals surface area contributed by atoms with E-state index < -0.39 is 24.3 Å². The summed E-state index contributed by atoms with van der Waals surface area (Å²) in [6, 6.07) is 20.3. The number of imidazole rings is 1. The molecule has 0 saturated heterocycles. The second kappa shape index (κ2) is 12.7. The quantitative estimate of drug-likeness (QED) is 0.262. The number of rotatable bonds is 4. The third-order valence-corrected chi connectivity index (χ3v) is 4.65. The fourth-order valence-electron chi connectivity index (χ4n) is 2.89. The average Bonchev–Trinajstić information content (AvgIpc) is 3.29. The van der Waals surface area contributed by atoms with Gasteiger partial charge in [-0.15, -0.1) is 0 Å². The number of carbonyl (C=O) groups is 2. The van der Waals surface area contributed by atoms with E-state index in [1.54, 1.807) is 12.4 Å². The first-order valence-corrected chi connectivity index (χ1v) is 10.5. The van der Waals surface area contributed by atoms with Crippen LogP contribution in [-0.2, 0) is 16.0 Å². The fourth-order valence-corrected chi connectivity index (χ4v) is 2.89. The normalized spacial score (nSPS) is 12.0. The SMILES string of the molecule is N[C@H](Cc1ccccc1)c1nc2ccc(-c3ccncc3)cc2[nH]1.O=C(O)C(F)(F)F.O=C(O)C(F)(F)F. The number of hydrogen-bond donors (Lipinski definition) is 4. The number of benzene rings is 2. The molecule has 0 aliphatic carbocycles. The highest BCUT2D eigenvalue weighted by molar-refractivity contribution is 5.82. The van der Waals surface area contributed by atoms with Gasteiger partial charge in [0.25, 0.3) is 0 Å². The number of carboxylic acid groups (broad SMARTS) is 2. The number of carboxylic acids is 2. The summed E-state index contributed by atoms with van der Waals surface area (Å²) in [5.41, 5.74) is 11.8. The Morgan fingerprint density at radius 1 is 0.842 bits per heavy atom. The van der Waals surface area contributed by atoms with E-state index in [4.69, 9.17) is 25.5 Å². The molecule has 0 fully saturated rings. The van der Waals surface area contributed by atoms with E-state index in [2.05, 4.69) is 39.2 Å². The van der Waals surface area contributed by atoms with Gasteiger partial charge in [0.05, 0.1) is 17.1 Å². The molecule has 0 saturated carbocycles. The van der Waals surface area contributed by atoms with Gasteiger partial charge in [0.15, 0.2) is 0 Å². The molecule has 2 heterocycles. The molecular weight excluding hydrogens is 522 g/mol. The van der Waals surface area contributed by atoms with Gasteiger partial charge in [-0.25, -0.2) is 14.6 Å². The van der Waals surface area contributed by atoms with Crippen molar-refractivity contribution in [1.82, 2.24) is 15.0 Å². The Morgan fingerprint density at radius 2 is 1.37 bits per heavy atom. The van der Waals surface area contributed by atoms with Crippen molar-refractivity contribution >= 4 is 23.0 Å². The number of aromatic nitrogens is 3. The Bertz CT molecular complexity index is 1320. The number of halogens is 6. The van der Waals surface area contributed by atoms with Gasteiger partial charge in [-0.05, 0) is 47.4 Å². The van der Waals surface area contributed by atoms with Gasteiger partial charge >= 0.3 is 24.3 Å². The minimum Gasteiger partial charge on any atom is -0.475 e. The molecule has 0 radical (unpaired) electrons. The molecule has 0 bridgehead atoms. The third kappa shape index (κ3) is 9.20. The molecule has 0 aliphatic rings. The summed E-state index contributed by atoms with van der Waals surface area (Å²) in [5.74, 6) is -4.69. The summed E-state index contributed by atoms with van der Waals surface area (Å²) in [7, 11) is 0. The predicted octanol–water partition coefficient (Wildman–Crippen LogP) is 5.13. The molecule has 1 atom stereocenters. The number of alkyl halides is 6. The molecule has 0 spiro atoms. The second-order valence-electron chi connectivity index (χ2n) is 7.49. The van der Waals surface area contributed by atoms with E-state index in [-0.39, 0.29) is 6.04 Å². The highest BCUT2D eigenvalue weighted by Gasteiger charge is 2.38. The lowest BCUT2D eigenvalue weighted by molar-refractivity contribution is -0.193. The molecule has 0 unspecified atom stereocenters. The van der Waals surface area contributed by atoms with Crippen molar-refractivity contribution < 1.29 is 46.1 Å². The summed E-state index contributed by atoms with van der Waals surface area (Å²) in [6.07, 6.45) is -5.81. The van der Waals surface area contributed by atoms with Gasteiger partial charge in [0.1, 0.15) is 5.82 Å². The number of nitrogens with zero attached hydrogens (tertiary/aromatic N) is 2. The Balaban J connectivity index is 0.000000301. The van der Waals surface area contributed by atoms with Gasteiger partial charge in [0.2, 0.25) is 0 Å². The van der Waals surface area contributed by atoms with E-state index in [1.807, 2.05) is 36.4 Å². The number of hydrogen-bond acceptors (Lipinski definition) is 5. The monoisotopic (exact) mass is 542 g/mol. The lowest BCUT2D eigenvalue weighted by atomic mass is 10.1. The van der Waals surface area contributed by atoms with Gasteiger partial charge in [0, 0.05) is 12.4 Å². The maximum absolute atomic E-state index is 10.6. The number of pyridine rings is 1. The van der Waals surface area contributed by atoms with Crippen LogP contribution in [-0.4, -0.2) is 49.5 Å². The number of aliphatic carboxylic acids is 2. The highest BCUT2D eigenvalue weighted by Crippen LogP contribution is 2.24. The number of fused-ring (bicyclic) bond motifs is 1. The third-order valence-electron chi connectivity index (χ3n) is 4.65. The van der Waals surface area contributed by atoms with Crippen molar-refractivity contribution in [2.75, 3.05) is 0 Å². The molecule has 0 aliphatic heterocycles. The van der Waals surface area contributed by atoms with Crippen molar-refractivity contribution in [3.8, 4) is 11.1 Å².